The Balaban J connectivity index is 2.11. The SMILES string of the molecule is CCCCCCCCCCCC(CS)C(C)c1ccccc1. The number of hydrogen-bond donors (Lipinski definition) is 1. The molecule has 0 aliphatic heterocycles. The fraction of sp³-hybridized carbons (Fsp3) is 0.714. The zero-order valence-corrected chi connectivity index (χ0v) is 15.7. The molecule has 0 aromatic heterocycles. The van der Waals surface area contributed by atoms with E-state index in [4.69, 9.17) is 0 Å². The smallest absolute Gasteiger partial charge is 0.00638 e. The highest BCUT2D eigenvalue weighted by atomic mass is 32.1. The van der Waals surface area contributed by atoms with Crippen LogP contribution in [0.2, 0.25) is 0 Å². The van der Waals surface area contributed by atoms with Crippen LogP contribution < -0.4 is 0 Å². The summed E-state index contributed by atoms with van der Waals surface area (Å²) in [5.74, 6) is 2.36. The molecule has 0 saturated carbocycles. The largest absolute Gasteiger partial charge is 0.179 e. The first-order chi connectivity index (χ1) is 10.8. The van der Waals surface area contributed by atoms with Crippen LogP contribution in [0.25, 0.3) is 0 Å². The van der Waals surface area contributed by atoms with Crippen molar-refractivity contribution in [3.63, 3.8) is 0 Å². The van der Waals surface area contributed by atoms with E-state index in [0.717, 1.165) is 11.7 Å². The lowest BCUT2D eigenvalue weighted by atomic mass is 9.85. The van der Waals surface area contributed by atoms with E-state index in [1.165, 1.54) is 69.8 Å². The van der Waals surface area contributed by atoms with Gasteiger partial charge in [0, 0.05) is 0 Å². The van der Waals surface area contributed by atoms with E-state index in [1.807, 2.05) is 0 Å². The maximum absolute atomic E-state index is 4.60. The minimum Gasteiger partial charge on any atom is -0.179 e. The van der Waals surface area contributed by atoms with Gasteiger partial charge in [0.15, 0.2) is 0 Å². The molecule has 126 valence electrons. The Morgan fingerprint density at radius 2 is 1.36 bits per heavy atom. The summed E-state index contributed by atoms with van der Waals surface area (Å²) < 4.78 is 0. The van der Waals surface area contributed by atoms with Crippen molar-refractivity contribution in [2.24, 2.45) is 5.92 Å². The Labute approximate surface area is 144 Å². The molecular weight excluding hydrogens is 284 g/mol. The van der Waals surface area contributed by atoms with Crippen molar-refractivity contribution in [1.29, 1.82) is 0 Å². The zero-order valence-electron chi connectivity index (χ0n) is 14.8. The van der Waals surface area contributed by atoms with E-state index in [2.05, 4.69) is 56.8 Å². The van der Waals surface area contributed by atoms with Crippen LogP contribution >= 0.6 is 12.6 Å². The van der Waals surface area contributed by atoms with E-state index >= 15 is 0 Å². The Bertz CT molecular complexity index is 346. The maximum atomic E-state index is 4.60. The van der Waals surface area contributed by atoms with Gasteiger partial charge >= 0.3 is 0 Å². The molecule has 0 radical (unpaired) electrons. The van der Waals surface area contributed by atoms with E-state index in [1.54, 1.807) is 0 Å². The highest BCUT2D eigenvalue weighted by molar-refractivity contribution is 7.80. The van der Waals surface area contributed by atoms with Gasteiger partial charge in [-0.05, 0) is 29.6 Å². The molecule has 0 bridgehead atoms. The molecule has 0 aliphatic rings. The Morgan fingerprint density at radius 3 is 1.91 bits per heavy atom. The molecule has 1 aromatic rings. The lowest BCUT2D eigenvalue weighted by Crippen LogP contribution is -2.12. The van der Waals surface area contributed by atoms with Crippen molar-refractivity contribution in [2.45, 2.75) is 84.0 Å². The fourth-order valence-electron chi connectivity index (χ4n) is 3.25. The van der Waals surface area contributed by atoms with Crippen LogP contribution in [0.15, 0.2) is 30.3 Å². The molecule has 0 N–H and O–H groups in total. The second-order valence-corrected chi connectivity index (χ2v) is 7.12. The summed E-state index contributed by atoms with van der Waals surface area (Å²) in [4.78, 5) is 0. The van der Waals surface area contributed by atoms with E-state index in [0.29, 0.717) is 5.92 Å². The van der Waals surface area contributed by atoms with Crippen molar-refractivity contribution >= 4 is 12.6 Å². The normalized spacial score (nSPS) is 14.0. The third-order valence-electron chi connectivity index (χ3n) is 4.95. The van der Waals surface area contributed by atoms with Crippen molar-refractivity contribution in [3.8, 4) is 0 Å². The molecule has 0 spiro atoms. The highest BCUT2D eigenvalue weighted by Crippen LogP contribution is 2.29. The highest BCUT2D eigenvalue weighted by Gasteiger charge is 2.16. The molecule has 0 nitrogen and oxygen atoms in total. The molecule has 2 atom stereocenters. The van der Waals surface area contributed by atoms with Crippen molar-refractivity contribution in [2.75, 3.05) is 5.75 Å². The second kappa shape index (κ2) is 13.0. The van der Waals surface area contributed by atoms with Crippen molar-refractivity contribution in [1.82, 2.24) is 0 Å². The third-order valence-corrected chi connectivity index (χ3v) is 5.41. The van der Waals surface area contributed by atoms with Gasteiger partial charge in [0.05, 0.1) is 0 Å². The van der Waals surface area contributed by atoms with Gasteiger partial charge in [-0.2, -0.15) is 12.6 Å². The van der Waals surface area contributed by atoms with Gasteiger partial charge in [0.1, 0.15) is 0 Å². The lowest BCUT2D eigenvalue weighted by molar-refractivity contribution is 0.432. The molecule has 1 heteroatoms. The first-order valence-corrected chi connectivity index (χ1v) is 10.1. The maximum Gasteiger partial charge on any atom is -0.00638 e. The van der Waals surface area contributed by atoms with Crippen LogP contribution in [0, 0.1) is 5.92 Å². The summed E-state index contributed by atoms with van der Waals surface area (Å²) in [6.07, 6.45) is 14.0. The lowest BCUT2D eigenvalue weighted by Gasteiger charge is -2.22. The minimum absolute atomic E-state index is 0.632. The van der Waals surface area contributed by atoms with Crippen LogP contribution in [0.3, 0.4) is 0 Å². The van der Waals surface area contributed by atoms with Crippen molar-refractivity contribution in [3.05, 3.63) is 35.9 Å². The number of thiol groups is 1. The molecule has 0 fully saturated rings. The Kier molecular flexibility index (Phi) is 11.6. The van der Waals surface area contributed by atoms with Crippen LogP contribution in [0.4, 0.5) is 0 Å². The Morgan fingerprint density at radius 1 is 0.818 bits per heavy atom. The van der Waals surface area contributed by atoms with Gasteiger partial charge in [-0.3, -0.25) is 0 Å². The van der Waals surface area contributed by atoms with Gasteiger partial charge in [-0.15, -0.1) is 0 Å². The van der Waals surface area contributed by atoms with E-state index in [9.17, 15) is 0 Å². The number of benzene rings is 1. The molecule has 22 heavy (non-hydrogen) atoms. The van der Waals surface area contributed by atoms with Gasteiger partial charge in [0.2, 0.25) is 0 Å². The molecule has 1 rings (SSSR count). The quantitative estimate of drug-likeness (QED) is 0.287. The van der Waals surface area contributed by atoms with Crippen LogP contribution in [0.5, 0.6) is 0 Å². The summed E-state index contributed by atoms with van der Waals surface area (Å²) >= 11 is 4.60. The van der Waals surface area contributed by atoms with E-state index < -0.39 is 0 Å². The topological polar surface area (TPSA) is 0 Å². The molecule has 0 heterocycles. The zero-order chi connectivity index (χ0) is 16.0. The second-order valence-electron chi connectivity index (χ2n) is 6.76. The van der Waals surface area contributed by atoms with Crippen molar-refractivity contribution < 1.29 is 0 Å². The Hall–Kier alpha value is -0.430. The van der Waals surface area contributed by atoms with Crippen LogP contribution in [-0.4, -0.2) is 5.75 Å². The summed E-state index contributed by atoms with van der Waals surface area (Å²) in [5, 5.41) is 0. The standard InChI is InChI=1S/C21H36S/c1-3-4-5-6-7-8-9-10-12-17-21(18-22)19(2)20-15-13-11-14-16-20/h11,13-16,19,21-22H,3-10,12,17-18H2,1-2H3. The van der Waals surface area contributed by atoms with Gasteiger partial charge in [0.25, 0.3) is 0 Å². The molecule has 2 unspecified atom stereocenters. The number of unbranched alkanes of at least 4 members (excludes halogenated alkanes) is 8. The van der Waals surface area contributed by atoms with Gasteiger partial charge < -0.3 is 0 Å². The molecule has 0 saturated heterocycles. The monoisotopic (exact) mass is 320 g/mol. The summed E-state index contributed by atoms with van der Waals surface area (Å²) in [5.41, 5.74) is 1.47. The predicted octanol–water partition coefficient (Wildman–Crippen LogP) is 7.26. The van der Waals surface area contributed by atoms with Crippen LogP contribution in [0.1, 0.15) is 89.5 Å². The minimum atomic E-state index is 0.632. The molecular formula is C21H36S. The van der Waals surface area contributed by atoms with Gasteiger partial charge in [-0.1, -0.05) is 102 Å². The summed E-state index contributed by atoms with van der Waals surface area (Å²) in [6.45, 7) is 4.65. The first-order valence-electron chi connectivity index (χ1n) is 9.45. The number of rotatable bonds is 13. The predicted molar refractivity (Wildman–Crippen MR) is 104 cm³/mol. The average Bonchev–Trinajstić information content (AvgIpc) is 2.57. The average molecular weight is 321 g/mol. The summed E-state index contributed by atoms with van der Waals surface area (Å²) in [6, 6.07) is 10.9. The fourth-order valence-corrected chi connectivity index (χ4v) is 3.74. The molecule has 0 amide bonds. The van der Waals surface area contributed by atoms with E-state index in [-0.39, 0.29) is 0 Å². The first kappa shape index (κ1) is 19.6. The number of hydrogen-bond acceptors (Lipinski definition) is 1. The molecule has 1 aromatic carbocycles. The third kappa shape index (κ3) is 8.27. The summed E-state index contributed by atoms with van der Waals surface area (Å²) in [7, 11) is 0. The van der Waals surface area contributed by atoms with Gasteiger partial charge in [-0.25, -0.2) is 0 Å². The van der Waals surface area contributed by atoms with Crippen LogP contribution in [-0.2, 0) is 0 Å². The molecule has 0 aliphatic carbocycles.